The lowest BCUT2D eigenvalue weighted by Crippen LogP contribution is -2.54. The lowest BCUT2D eigenvalue weighted by atomic mass is 9.84. The van der Waals surface area contributed by atoms with Crippen molar-refractivity contribution in [1.82, 2.24) is 4.90 Å². The first-order valence-corrected chi connectivity index (χ1v) is 10.5. The minimum absolute atomic E-state index is 0.0360. The number of piperidine rings is 1. The van der Waals surface area contributed by atoms with Crippen LogP contribution in [0.4, 0.5) is 0 Å². The molecule has 2 unspecified atom stereocenters. The van der Waals surface area contributed by atoms with Crippen LogP contribution < -0.4 is 0 Å². The molecule has 5 heteroatoms. The van der Waals surface area contributed by atoms with E-state index >= 15 is 0 Å². The first-order chi connectivity index (χ1) is 13.2. The molecule has 2 fully saturated rings. The van der Waals surface area contributed by atoms with Gasteiger partial charge >= 0.3 is 5.97 Å². The standard InChI is InChI=1S/C23H30ClNO3/c1-5-6-17-11-14-19(15-9-12-18(24)13-10-15)25(21(17)26)20(16-7-8-16)22(27)28-23(2,3)4/h5,9-10,12-13,16-17,19-20H,1,6-8,11,14H2,2-4H3/t17-,19?,20?/m0/s1. The van der Waals surface area contributed by atoms with Gasteiger partial charge in [-0.2, -0.15) is 0 Å². The highest BCUT2D eigenvalue weighted by Gasteiger charge is 2.49. The van der Waals surface area contributed by atoms with E-state index in [1.165, 1.54) is 0 Å². The number of amides is 1. The molecule has 1 saturated carbocycles. The molecular weight excluding hydrogens is 374 g/mol. The summed E-state index contributed by atoms with van der Waals surface area (Å²) in [7, 11) is 0. The lowest BCUT2D eigenvalue weighted by Gasteiger charge is -2.44. The number of carbonyl (C=O) groups excluding carboxylic acids is 2. The van der Waals surface area contributed by atoms with Crippen molar-refractivity contribution in [1.29, 1.82) is 0 Å². The molecular formula is C23H30ClNO3. The molecule has 1 heterocycles. The summed E-state index contributed by atoms with van der Waals surface area (Å²) < 4.78 is 5.73. The van der Waals surface area contributed by atoms with E-state index in [1.807, 2.05) is 49.9 Å². The SMILES string of the molecule is C=CC[C@H]1CCC(c2ccc(Cl)cc2)N(C(C(=O)OC(C)(C)C)C2CC2)C1=O. The van der Waals surface area contributed by atoms with Gasteiger partial charge in [-0.05, 0) is 76.5 Å². The van der Waals surface area contributed by atoms with E-state index < -0.39 is 11.6 Å². The lowest BCUT2D eigenvalue weighted by molar-refractivity contribution is -0.170. The van der Waals surface area contributed by atoms with Gasteiger partial charge < -0.3 is 9.64 Å². The van der Waals surface area contributed by atoms with E-state index in [2.05, 4.69) is 6.58 Å². The molecule has 28 heavy (non-hydrogen) atoms. The van der Waals surface area contributed by atoms with Crippen LogP contribution in [-0.2, 0) is 14.3 Å². The Morgan fingerprint density at radius 3 is 2.43 bits per heavy atom. The first kappa shape index (κ1) is 20.9. The van der Waals surface area contributed by atoms with Crippen LogP contribution in [0.2, 0.25) is 5.02 Å². The predicted molar refractivity (Wildman–Crippen MR) is 111 cm³/mol. The molecule has 1 amide bonds. The Morgan fingerprint density at radius 1 is 1.25 bits per heavy atom. The zero-order chi connectivity index (χ0) is 20.5. The van der Waals surface area contributed by atoms with Crippen molar-refractivity contribution in [2.45, 2.75) is 70.6 Å². The Labute approximate surface area is 172 Å². The average Bonchev–Trinajstić information content (AvgIpc) is 3.43. The van der Waals surface area contributed by atoms with Crippen LogP contribution in [0.3, 0.4) is 0 Å². The van der Waals surface area contributed by atoms with E-state index in [-0.39, 0.29) is 29.8 Å². The van der Waals surface area contributed by atoms with Gasteiger partial charge in [0.15, 0.2) is 0 Å². The van der Waals surface area contributed by atoms with E-state index in [0.717, 1.165) is 31.2 Å². The first-order valence-electron chi connectivity index (χ1n) is 10.1. The number of ether oxygens (including phenoxy) is 1. The normalized spacial score (nSPS) is 24.0. The van der Waals surface area contributed by atoms with Gasteiger partial charge in [0.05, 0.1) is 6.04 Å². The Hall–Kier alpha value is -1.81. The molecule has 152 valence electrons. The molecule has 1 aliphatic heterocycles. The molecule has 1 aromatic carbocycles. The molecule has 0 aromatic heterocycles. The predicted octanol–water partition coefficient (Wildman–Crippen LogP) is 5.32. The van der Waals surface area contributed by atoms with Crippen molar-refractivity contribution < 1.29 is 14.3 Å². The molecule has 3 rings (SSSR count). The van der Waals surface area contributed by atoms with Crippen LogP contribution in [0.25, 0.3) is 0 Å². The summed E-state index contributed by atoms with van der Waals surface area (Å²) in [4.78, 5) is 28.4. The molecule has 0 N–H and O–H groups in total. The molecule has 0 bridgehead atoms. The Kier molecular flexibility index (Phi) is 6.18. The summed E-state index contributed by atoms with van der Waals surface area (Å²) in [5, 5.41) is 0.660. The van der Waals surface area contributed by atoms with Crippen LogP contribution in [-0.4, -0.2) is 28.4 Å². The maximum Gasteiger partial charge on any atom is 0.329 e. The zero-order valence-corrected chi connectivity index (χ0v) is 17.7. The largest absolute Gasteiger partial charge is 0.458 e. The second-order valence-corrected chi connectivity index (χ2v) is 9.36. The summed E-state index contributed by atoms with van der Waals surface area (Å²) in [6.07, 6.45) is 5.94. The average molecular weight is 404 g/mol. The second-order valence-electron chi connectivity index (χ2n) is 8.93. The number of rotatable bonds is 6. The van der Waals surface area contributed by atoms with Crippen LogP contribution in [0.5, 0.6) is 0 Å². The van der Waals surface area contributed by atoms with Crippen LogP contribution in [0, 0.1) is 11.8 Å². The monoisotopic (exact) mass is 403 g/mol. The number of benzene rings is 1. The van der Waals surface area contributed by atoms with E-state index in [0.29, 0.717) is 11.4 Å². The quantitative estimate of drug-likeness (QED) is 0.477. The van der Waals surface area contributed by atoms with Gasteiger partial charge in [0, 0.05) is 10.9 Å². The Bertz CT molecular complexity index is 733. The van der Waals surface area contributed by atoms with E-state index in [4.69, 9.17) is 16.3 Å². The van der Waals surface area contributed by atoms with Crippen LogP contribution >= 0.6 is 11.6 Å². The van der Waals surface area contributed by atoms with Gasteiger partial charge in [0.1, 0.15) is 11.6 Å². The topological polar surface area (TPSA) is 46.6 Å². The van der Waals surface area contributed by atoms with Crippen LogP contribution in [0.15, 0.2) is 36.9 Å². The summed E-state index contributed by atoms with van der Waals surface area (Å²) in [5.74, 6) is -0.198. The Morgan fingerprint density at radius 2 is 1.89 bits per heavy atom. The maximum absolute atomic E-state index is 13.5. The van der Waals surface area contributed by atoms with Crippen molar-refractivity contribution in [3.05, 3.63) is 47.5 Å². The molecule has 0 radical (unpaired) electrons. The number of likely N-dealkylation sites (tertiary alicyclic amines) is 1. The van der Waals surface area contributed by atoms with Gasteiger partial charge in [-0.1, -0.05) is 29.8 Å². The summed E-state index contributed by atoms with van der Waals surface area (Å²) in [6.45, 7) is 9.40. The third-order valence-electron chi connectivity index (χ3n) is 5.45. The highest BCUT2D eigenvalue weighted by atomic mass is 35.5. The molecule has 1 aliphatic carbocycles. The second kappa shape index (κ2) is 8.28. The van der Waals surface area contributed by atoms with E-state index in [1.54, 1.807) is 6.08 Å². The smallest absolute Gasteiger partial charge is 0.329 e. The van der Waals surface area contributed by atoms with Crippen molar-refractivity contribution >= 4 is 23.5 Å². The van der Waals surface area contributed by atoms with Crippen molar-refractivity contribution in [3.63, 3.8) is 0 Å². The molecule has 2 aliphatic rings. The molecule has 1 saturated heterocycles. The minimum atomic E-state index is -0.584. The summed E-state index contributed by atoms with van der Waals surface area (Å²) in [6, 6.07) is 6.94. The molecule has 0 spiro atoms. The number of allylic oxidation sites excluding steroid dienone is 1. The van der Waals surface area contributed by atoms with Gasteiger partial charge in [-0.25, -0.2) is 4.79 Å². The fraction of sp³-hybridized carbons (Fsp3) is 0.565. The van der Waals surface area contributed by atoms with Gasteiger partial charge in [0.2, 0.25) is 5.91 Å². The number of nitrogens with zero attached hydrogens (tertiary/aromatic N) is 1. The third-order valence-corrected chi connectivity index (χ3v) is 5.70. The van der Waals surface area contributed by atoms with Crippen molar-refractivity contribution in [3.8, 4) is 0 Å². The maximum atomic E-state index is 13.5. The number of esters is 1. The van der Waals surface area contributed by atoms with Gasteiger partial charge in [-0.15, -0.1) is 6.58 Å². The fourth-order valence-corrected chi connectivity index (χ4v) is 4.18. The highest BCUT2D eigenvalue weighted by molar-refractivity contribution is 6.30. The molecule has 3 atom stereocenters. The minimum Gasteiger partial charge on any atom is -0.458 e. The zero-order valence-electron chi connectivity index (χ0n) is 17.0. The molecule has 1 aromatic rings. The van der Waals surface area contributed by atoms with Crippen LogP contribution in [0.1, 0.15) is 64.5 Å². The third kappa shape index (κ3) is 4.78. The van der Waals surface area contributed by atoms with Crippen molar-refractivity contribution in [2.24, 2.45) is 11.8 Å². The molecule has 4 nitrogen and oxygen atoms in total. The number of hydrogen-bond acceptors (Lipinski definition) is 3. The number of carbonyl (C=O) groups is 2. The fourth-order valence-electron chi connectivity index (χ4n) is 4.06. The highest BCUT2D eigenvalue weighted by Crippen LogP contribution is 2.44. The Balaban J connectivity index is 1.97. The number of hydrogen-bond donors (Lipinski definition) is 0. The number of halogens is 1. The van der Waals surface area contributed by atoms with E-state index in [9.17, 15) is 9.59 Å². The summed E-state index contributed by atoms with van der Waals surface area (Å²) in [5.41, 5.74) is 0.434. The van der Waals surface area contributed by atoms with Crippen molar-refractivity contribution in [2.75, 3.05) is 0 Å². The summed E-state index contributed by atoms with van der Waals surface area (Å²) >= 11 is 6.06. The van der Waals surface area contributed by atoms with Gasteiger partial charge in [-0.3, -0.25) is 4.79 Å². The van der Waals surface area contributed by atoms with Gasteiger partial charge in [0.25, 0.3) is 0 Å².